The van der Waals surface area contributed by atoms with Crippen molar-refractivity contribution in [2.45, 2.75) is 13.0 Å². The number of pyridine rings is 1. The third-order valence-corrected chi connectivity index (χ3v) is 2.75. The van der Waals surface area contributed by atoms with Gasteiger partial charge in [-0.1, -0.05) is 24.3 Å². The first kappa shape index (κ1) is 13.4. The van der Waals surface area contributed by atoms with Crippen LogP contribution in [0.25, 0.3) is 0 Å². The number of aromatic nitrogens is 1. The van der Waals surface area contributed by atoms with E-state index in [9.17, 15) is 5.11 Å². The van der Waals surface area contributed by atoms with Crippen LogP contribution >= 0.6 is 0 Å². The van der Waals surface area contributed by atoms with Crippen molar-refractivity contribution in [3.63, 3.8) is 0 Å². The molecule has 0 fully saturated rings. The highest BCUT2D eigenvalue weighted by molar-refractivity contribution is 5.39. The molecule has 0 aliphatic rings. The Morgan fingerprint density at radius 1 is 1.16 bits per heavy atom. The molecule has 0 saturated carbocycles. The molecule has 19 heavy (non-hydrogen) atoms. The van der Waals surface area contributed by atoms with Crippen LogP contribution in [0.3, 0.4) is 0 Å². The van der Waals surface area contributed by atoms with Gasteiger partial charge in [0, 0.05) is 11.6 Å². The Balaban J connectivity index is 2.35. The number of ether oxygens (including phenoxy) is 2. The fraction of sp³-hybridized carbons (Fsp3) is 0.267. The Labute approximate surface area is 112 Å². The smallest absolute Gasteiger partial charge is 0.213 e. The second-order valence-corrected chi connectivity index (χ2v) is 3.98. The van der Waals surface area contributed by atoms with Crippen LogP contribution in [0.15, 0.2) is 42.5 Å². The van der Waals surface area contributed by atoms with E-state index in [-0.39, 0.29) is 0 Å². The average Bonchev–Trinajstić information content (AvgIpc) is 2.47. The summed E-state index contributed by atoms with van der Waals surface area (Å²) in [4.78, 5) is 4.24. The lowest BCUT2D eigenvalue weighted by molar-refractivity contribution is 0.206. The molecule has 1 aromatic carbocycles. The zero-order chi connectivity index (χ0) is 13.7. The number of aliphatic hydroxyl groups excluding tert-OH is 1. The van der Waals surface area contributed by atoms with Gasteiger partial charge in [-0.3, -0.25) is 0 Å². The predicted octanol–water partition coefficient (Wildman–Crippen LogP) is 2.57. The molecule has 100 valence electrons. The van der Waals surface area contributed by atoms with Crippen LogP contribution in [-0.4, -0.2) is 23.8 Å². The molecule has 4 nitrogen and oxygen atoms in total. The first-order chi connectivity index (χ1) is 9.26. The summed E-state index contributed by atoms with van der Waals surface area (Å²) in [5.41, 5.74) is 1.23. The van der Waals surface area contributed by atoms with E-state index in [0.29, 0.717) is 29.5 Å². The second kappa shape index (κ2) is 6.20. The number of hydrogen-bond acceptors (Lipinski definition) is 4. The van der Waals surface area contributed by atoms with Gasteiger partial charge in [0.15, 0.2) is 0 Å². The third kappa shape index (κ3) is 3.03. The van der Waals surface area contributed by atoms with Gasteiger partial charge in [-0.2, -0.15) is 0 Å². The van der Waals surface area contributed by atoms with Gasteiger partial charge in [-0.25, -0.2) is 4.98 Å². The lowest BCUT2D eigenvalue weighted by Crippen LogP contribution is -2.06. The molecule has 0 bridgehead atoms. The predicted molar refractivity (Wildman–Crippen MR) is 72.5 cm³/mol. The summed E-state index contributed by atoms with van der Waals surface area (Å²) in [5.74, 6) is 1.15. The van der Waals surface area contributed by atoms with Crippen molar-refractivity contribution >= 4 is 0 Å². The van der Waals surface area contributed by atoms with Gasteiger partial charge in [-0.05, 0) is 19.1 Å². The van der Waals surface area contributed by atoms with Gasteiger partial charge < -0.3 is 14.6 Å². The van der Waals surface area contributed by atoms with Crippen LogP contribution in [0.1, 0.15) is 24.3 Å². The normalized spacial score (nSPS) is 11.9. The zero-order valence-electron chi connectivity index (χ0n) is 11.0. The summed E-state index contributed by atoms with van der Waals surface area (Å²) in [6, 6.07) is 12.7. The highest BCUT2D eigenvalue weighted by Gasteiger charge is 2.16. The van der Waals surface area contributed by atoms with Crippen LogP contribution in [-0.2, 0) is 0 Å². The topological polar surface area (TPSA) is 51.6 Å². The summed E-state index contributed by atoms with van der Waals surface area (Å²) in [6.45, 7) is 2.46. The summed E-state index contributed by atoms with van der Waals surface area (Å²) >= 11 is 0. The Morgan fingerprint density at radius 3 is 2.68 bits per heavy atom. The van der Waals surface area contributed by atoms with Gasteiger partial charge >= 0.3 is 0 Å². The molecule has 1 aromatic heterocycles. The number of rotatable bonds is 5. The summed E-state index contributed by atoms with van der Waals surface area (Å²) in [7, 11) is 1.55. The van der Waals surface area contributed by atoms with Crippen molar-refractivity contribution in [3.8, 4) is 11.6 Å². The zero-order valence-corrected chi connectivity index (χ0v) is 11.0. The molecule has 0 aliphatic carbocycles. The van der Waals surface area contributed by atoms with Gasteiger partial charge in [0.2, 0.25) is 5.88 Å². The quantitative estimate of drug-likeness (QED) is 0.896. The average molecular weight is 259 g/mol. The van der Waals surface area contributed by atoms with E-state index in [1.54, 1.807) is 25.3 Å². The molecule has 0 radical (unpaired) electrons. The molecule has 2 rings (SSSR count). The highest BCUT2D eigenvalue weighted by atomic mass is 16.5. The number of hydrogen-bond donors (Lipinski definition) is 1. The first-order valence-electron chi connectivity index (χ1n) is 6.17. The van der Waals surface area contributed by atoms with E-state index in [0.717, 1.165) is 0 Å². The largest absolute Gasteiger partial charge is 0.493 e. The van der Waals surface area contributed by atoms with Gasteiger partial charge in [0.05, 0.1) is 19.4 Å². The summed E-state index contributed by atoms with van der Waals surface area (Å²) < 4.78 is 10.6. The molecular formula is C15H17NO3. The van der Waals surface area contributed by atoms with E-state index in [1.165, 1.54) is 0 Å². The van der Waals surface area contributed by atoms with Crippen LogP contribution in [0.5, 0.6) is 11.6 Å². The van der Waals surface area contributed by atoms with E-state index >= 15 is 0 Å². The molecule has 1 atom stereocenters. The molecule has 2 aromatic rings. The van der Waals surface area contributed by atoms with Gasteiger partial charge in [0.1, 0.15) is 11.9 Å². The first-order valence-corrected chi connectivity index (χ1v) is 6.17. The minimum absolute atomic E-state index is 0.477. The van der Waals surface area contributed by atoms with Crippen molar-refractivity contribution in [2.24, 2.45) is 0 Å². The summed E-state index contributed by atoms with van der Waals surface area (Å²) in [6.07, 6.45) is -0.835. The number of aliphatic hydroxyl groups is 1. The van der Waals surface area contributed by atoms with Crippen LogP contribution in [0.4, 0.5) is 0 Å². The van der Waals surface area contributed by atoms with E-state index in [2.05, 4.69) is 4.98 Å². The number of benzene rings is 1. The lowest BCUT2D eigenvalue weighted by Gasteiger charge is -2.15. The fourth-order valence-corrected chi connectivity index (χ4v) is 1.85. The number of para-hydroxylation sites is 1. The number of nitrogens with zero attached hydrogens (tertiary/aromatic N) is 1. The standard InChI is InChI=1S/C15H17NO3/c1-3-19-13-9-5-4-7-11(13)15(17)12-8-6-10-14(16-12)18-2/h4-10,15,17H,3H2,1-2H3. The lowest BCUT2D eigenvalue weighted by atomic mass is 10.0. The van der Waals surface area contributed by atoms with Crippen molar-refractivity contribution in [2.75, 3.05) is 13.7 Å². The van der Waals surface area contributed by atoms with E-state index in [4.69, 9.17) is 9.47 Å². The Hall–Kier alpha value is -2.07. The van der Waals surface area contributed by atoms with Crippen LogP contribution in [0, 0.1) is 0 Å². The molecule has 1 unspecified atom stereocenters. The van der Waals surface area contributed by atoms with E-state index in [1.807, 2.05) is 31.2 Å². The van der Waals surface area contributed by atoms with Crippen LogP contribution in [0.2, 0.25) is 0 Å². The molecule has 1 N–H and O–H groups in total. The molecule has 0 saturated heterocycles. The molecule has 0 aliphatic heterocycles. The van der Waals surface area contributed by atoms with Gasteiger partial charge in [-0.15, -0.1) is 0 Å². The fourth-order valence-electron chi connectivity index (χ4n) is 1.85. The summed E-state index contributed by atoms with van der Waals surface area (Å²) in [5, 5.41) is 10.4. The SMILES string of the molecule is CCOc1ccccc1C(O)c1cccc(OC)n1. The van der Waals surface area contributed by atoms with Crippen molar-refractivity contribution < 1.29 is 14.6 Å². The van der Waals surface area contributed by atoms with Gasteiger partial charge in [0.25, 0.3) is 0 Å². The molecule has 0 amide bonds. The number of methoxy groups -OCH3 is 1. The maximum Gasteiger partial charge on any atom is 0.213 e. The highest BCUT2D eigenvalue weighted by Crippen LogP contribution is 2.29. The molecular weight excluding hydrogens is 242 g/mol. The molecule has 0 spiro atoms. The van der Waals surface area contributed by atoms with Crippen LogP contribution < -0.4 is 9.47 Å². The second-order valence-electron chi connectivity index (χ2n) is 3.98. The minimum Gasteiger partial charge on any atom is -0.493 e. The third-order valence-electron chi connectivity index (χ3n) is 2.75. The Kier molecular flexibility index (Phi) is 4.36. The Morgan fingerprint density at radius 2 is 1.95 bits per heavy atom. The minimum atomic E-state index is -0.835. The Bertz CT molecular complexity index is 542. The maximum absolute atomic E-state index is 10.4. The molecule has 1 heterocycles. The molecule has 4 heteroatoms. The maximum atomic E-state index is 10.4. The van der Waals surface area contributed by atoms with Crippen molar-refractivity contribution in [3.05, 3.63) is 53.7 Å². The monoisotopic (exact) mass is 259 g/mol. The van der Waals surface area contributed by atoms with Crippen molar-refractivity contribution in [1.29, 1.82) is 0 Å². The van der Waals surface area contributed by atoms with Crippen molar-refractivity contribution in [1.82, 2.24) is 4.98 Å². The van der Waals surface area contributed by atoms with E-state index < -0.39 is 6.10 Å².